The lowest BCUT2D eigenvalue weighted by Gasteiger charge is -2.21. The number of unbranched alkanes of at least 4 members (excludes halogenated alkanes) is 11. The molecule has 96 heavy (non-hydrogen) atoms. The first-order chi connectivity index (χ1) is 47.1. The van der Waals surface area contributed by atoms with E-state index >= 15 is 0 Å². The predicted octanol–water partition coefficient (Wildman–Crippen LogP) is 22.6. The van der Waals surface area contributed by atoms with Crippen molar-refractivity contribution in [3.05, 3.63) is 239 Å². The molecule has 0 saturated heterocycles. The van der Waals surface area contributed by atoms with Crippen molar-refractivity contribution in [2.45, 2.75) is 197 Å². The van der Waals surface area contributed by atoms with Crippen molar-refractivity contribution in [2.24, 2.45) is 0 Å². The highest BCUT2D eigenvalue weighted by Crippen LogP contribution is 2.44. The minimum absolute atomic E-state index is 0.520. The summed E-state index contributed by atoms with van der Waals surface area (Å²) < 4.78 is 0. The van der Waals surface area contributed by atoms with Crippen molar-refractivity contribution in [2.75, 3.05) is 0 Å². The summed E-state index contributed by atoms with van der Waals surface area (Å²) in [6.45, 7) is 19.4. The van der Waals surface area contributed by atoms with Gasteiger partial charge in [-0.3, -0.25) is 0 Å². The minimum Gasteiger partial charge on any atom is -0.241 e. The van der Waals surface area contributed by atoms with Crippen LogP contribution in [0, 0.1) is 27.7 Å². The maximum absolute atomic E-state index is 5.62. The minimum atomic E-state index is 0.520. The van der Waals surface area contributed by atoms with E-state index in [0.717, 1.165) is 147 Å². The van der Waals surface area contributed by atoms with E-state index in [9.17, 15) is 0 Å². The largest absolute Gasteiger partial charge is 0.241 e. The van der Waals surface area contributed by atoms with Gasteiger partial charge in [0.15, 0.2) is 11.6 Å². The number of hydrogen-bond donors (Lipinski definition) is 0. The molecule has 10 nitrogen and oxygen atoms in total. The summed E-state index contributed by atoms with van der Waals surface area (Å²) in [4.78, 5) is 50.9. The molecule has 0 aliphatic carbocycles. The molecule has 6 aromatic carbocycles. The molecule has 5 heterocycles. The van der Waals surface area contributed by atoms with Crippen LogP contribution in [0.2, 0.25) is 0 Å². The van der Waals surface area contributed by atoms with E-state index in [4.69, 9.17) is 29.9 Å². The second kappa shape index (κ2) is 37.7. The molecular weight excluding hydrogens is 1170 g/mol. The summed E-state index contributed by atoms with van der Waals surface area (Å²) in [7, 11) is 0. The van der Waals surface area contributed by atoms with Gasteiger partial charge >= 0.3 is 0 Å². The number of hydrogen-bond acceptors (Lipinski definition) is 10. The first kappa shape index (κ1) is 71.0. The average molecular weight is 1270 g/mol. The summed E-state index contributed by atoms with van der Waals surface area (Å²) in [5, 5.41) is 0. The van der Waals surface area contributed by atoms with E-state index in [1.54, 1.807) is 0 Å². The maximum Gasteiger partial charge on any atom is 0.164 e. The van der Waals surface area contributed by atoms with Gasteiger partial charge in [0.1, 0.15) is 17.5 Å². The smallest absolute Gasteiger partial charge is 0.164 e. The van der Waals surface area contributed by atoms with Gasteiger partial charge in [0, 0.05) is 68.6 Å². The van der Waals surface area contributed by atoms with Gasteiger partial charge in [-0.2, -0.15) is 0 Å². The second-order valence-electron chi connectivity index (χ2n) is 25.2. The SMILES string of the molecule is CCCCCCCCc1nc(C)ncc1C.CCCCCCc1nc(C)nc(CCCCCC)c1C.CCCc1nc(-c2ccccc2)c(-c2nc(-c3ccccc3)c(-c3nc(-c4ccccc4)c(CCC)c(-c4ccccc4)n3)c(-c3ccccc3)n2)c(-c2ccccc2)n1. The Morgan fingerprint density at radius 3 is 0.927 bits per heavy atom. The van der Waals surface area contributed by atoms with E-state index in [2.05, 4.69) is 165 Å². The van der Waals surface area contributed by atoms with Crippen LogP contribution in [-0.2, 0) is 32.1 Å². The molecule has 0 spiro atoms. The van der Waals surface area contributed by atoms with Crippen LogP contribution >= 0.6 is 0 Å². The number of aryl methyl sites for hydroxylation is 7. The molecule has 10 heteroatoms. The molecule has 0 atom stereocenters. The lowest BCUT2D eigenvalue weighted by atomic mass is 9.94. The fourth-order valence-corrected chi connectivity index (χ4v) is 12.4. The van der Waals surface area contributed by atoms with Gasteiger partial charge in [-0.1, -0.05) is 294 Å². The summed E-state index contributed by atoms with van der Waals surface area (Å²) in [5.74, 6) is 3.70. The molecule has 0 aliphatic rings. The zero-order valence-corrected chi connectivity index (χ0v) is 58.7. The first-order valence-corrected chi connectivity index (χ1v) is 35.8. The molecule has 11 aromatic rings. The van der Waals surface area contributed by atoms with Crippen LogP contribution in [0.4, 0.5) is 0 Å². The molecule has 0 amide bonds. The molecule has 494 valence electrons. The maximum atomic E-state index is 5.62. The van der Waals surface area contributed by atoms with Crippen LogP contribution in [0.3, 0.4) is 0 Å². The van der Waals surface area contributed by atoms with Crippen molar-refractivity contribution < 1.29 is 0 Å². The van der Waals surface area contributed by atoms with Crippen LogP contribution in [-0.4, -0.2) is 49.8 Å². The normalized spacial score (nSPS) is 11.0. The summed E-state index contributed by atoms with van der Waals surface area (Å²) in [5.41, 5.74) is 19.7. The van der Waals surface area contributed by atoms with E-state index in [0.29, 0.717) is 11.6 Å². The second-order valence-corrected chi connectivity index (χ2v) is 25.2. The fourth-order valence-electron chi connectivity index (χ4n) is 12.4. The highest BCUT2D eigenvalue weighted by atomic mass is 15.0. The van der Waals surface area contributed by atoms with E-state index < -0.39 is 0 Å². The van der Waals surface area contributed by atoms with E-state index in [1.165, 1.54) is 118 Å². The number of aromatic nitrogens is 10. The van der Waals surface area contributed by atoms with Gasteiger partial charge in [-0.15, -0.1) is 0 Å². The van der Waals surface area contributed by atoms with E-state index in [-0.39, 0.29) is 0 Å². The topological polar surface area (TPSA) is 129 Å². The third-order valence-electron chi connectivity index (χ3n) is 17.5. The Bertz CT molecular complexity index is 3910. The number of benzene rings is 6. The predicted molar refractivity (Wildman–Crippen MR) is 400 cm³/mol. The van der Waals surface area contributed by atoms with Crippen molar-refractivity contribution in [3.8, 4) is 90.3 Å². The van der Waals surface area contributed by atoms with Crippen molar-refractivity contribution >= 4 is 0 Å². The van der Waals surface area contributed by atoms with Crippen molar-refractivity contribution in [1.29, 1.82) is 0 Å². The molecular formula is C86H100N10. The number of rotatable bonds is 29. The third-order valence-corrected chi connectivity index (χ3v) is 17.5. The molecule has 0 N–H and O–H groups in total. The van der Waals surface area contributed by atoms with Crippen LogP contribution in [0.15, 0.2) is 188 Å². The molecule has 0 bridgehead atoms. The molecule has 0 unspecified atom stereocenters. The van der Waals surface area contributed by atoms with Crippen molar-refractivity contribution in [1.82, 2.24) is 49.8 Å². The molecule has 0 aliphatic heterocycles. The summed E-state index contributed by atoms with van der Waals surface area (Å²) in [6, 6.07) is 62.2. The van der Waals surface area contributed by atoms with Gasteiger partial charge in [0.2, 0.25) is 0 Å². The average Bonchev–Trinajstić information content (AvgIpc) is 0.742. The Morgan fingerprint density at radius 2 is 0.562 bits per heavy atom. The molecule has 0 radical (unpaired) electrons. The van der Waals surface area contributed by atoms with Gasteiger partial charge in [0.25, 0.3) is 0 Å². The third kappa shape index (κ3) is 19.7. The van der Waals surface area contributed by atoms with Gasteiger partial charge < -0.3 is 0 Å². The fraction of sp³-hybridized carbons (Fsp3) is 0.349. The molecule has 5 aromatic heterocycles. The van der Waals surface area contributed by atoms with Crippen LogP contribution in [0.25, 0.3) is 90.3 Å². The zero-order valence-electron chi connectivity index (χ0n) is 58.7. The van der Waals surface area contributed by atoms with Gasteiger partial charge in [0.05, 0.1) is 45.3 Å². The lowest BCUT2D eigenvalue weighted by molar-refractivity contribution is 0.603. The Balaban J connectivity index is 0.000000245. The molecule has 0 saturated carbocycles. The quantitative estimate of drug-likeness (QED) is 0.0418. The summed E-state index contributed by atoms with van der Waals surface area (Å²) in [6.07, 6.45) is 27.2. The highest BCUT2D eigenvalue weighted by molar-refractivity contribution is 5.95. The van der Waals surface area contributed by atoms with Gasteiger partial charge in [-0.05, 0) is 90.2 Å². The highest BCUT2D eigenvalue weighted by Gasteiger charge is 2.29. The lowest BCUT2D eigenvalue weighted by Crippen LogP contribution is -2.09. The first-order valence-electron chi connectivity index (χ1n) is 35.8. The van der Waals surface area contributed by atoms with Crippen LogP contribution in [0.1, 0.15) is 189 Å². The standard InChI is InChI=1S/C54H44N6.C18H32N2.C14H24N2/c1-3-23-43-47(37-25-11-5-12-26-37)57-53(58-48(43)38-27-13-6-14-28-38)46-51(41-33-19-9-20-34-41)59-54(60-52(46)42-35-21-10-22-36-42)45-49(39-29-15-7-16-30-39)55-44(24-4-2)56-50(45)40-31-17-8-18-32-40;1-5-7-9-11-13-17-15(3)18(20-16(4)19-17)14-12-10-8-6-2;1-4-5-6-7-8-9-10-14-12(2)11-15-13(3)16-14/h5-22,25-36H,3-4,23-24H2,1-2H3;5-14H2,1-4H3;11H,4-10H2,1-3H3. The Hall–Kier alpha value is -9.28. The molecule has 0 fully saturated rings. The van der Waals surface area contributed by atoms with Gasteiger partial charge in [-0.25, -0.2) is 49.8 Å². The van der Waals surface area contributed by atoms with E-state index in [1.807, 2.05) is 105 Å². The Morgan fingerprint density at radius 1 is 0.260 bits per heavy atom. The summed E-state index contributed by atoms with van der Waals surface area (Å²) >= 11 is 0. The monoisotopic (exact) mass is 1270 g/mol. The van der Waals surface area contributed by atoms with Crippen molar-refractivity contribution in [3.63, 3.8) is 0 Å². The number of nitrogens with zero attached hydrogens (tertiary/aromatic N) is 10. The Kier molecular flexibility index (Phi) is 27.9. The Labute approximate surface area is 573 Å². The zero-order chi connectivity index (χ0) is 67.3. The van der Waals surface area contributed by atoms with Crippen LogP contribution in [0.5, 0.6) is 0 Å². The van der Waals surface area contributed by atoms with Crippen LogP contribution < -0.4 is 0 Å². The molecule has 11 rings (SSSR count).